The molecule has 0 aromatic heterocycles. The lowest BCUT2D eigenvalue weighted by Gasteiger charge is -2.20. The maximum atomic E-state index is 13.4. The highest BCUT2D eigenvalue weighted by Gasteiger charge is 2.51. The molecule has 1 saturated heterocycles. The van der Waals surface area contributed by atoms with Crippen molar-refractivity contribution in [3.8, 4) is 0 Å². The fourth-order valence-corrected chi connectivity index (χ4v) is 2.46. The van der Waals surface area contributed by atoms with Gasteiger partial charge in [0, 0.05) is 0 Å². The van der Waals surface area contributed by atoms with E-state index in [9.17, 15) is 12.8 Å². The summed E-state index contributed by atoms with van der Waals surface area (Å²) in [4.78, 5) is 0. The van der Waals surface area contributed by atoms with Crippen LogP contribution >= 0.6 is 0 Å². The van der Waals surface area contributed by atoms with E-state index in [0.717, 1.165) is 6.26 Å². The molecule has 0 N–H and O–H groups in total. The zero-order chi connectivity index (χ0) is 12.1. The fraction of sp³-hybridized carbons (Fsp3) is 0.778. The Labute approximate surface area is 93.3 Å². The molecule has 92 valence electrons. The van der Waals surface area contributed by atoms with Gasteiger partial charge in [0.2, 0.25) is 0 Å². The average molecular weight is 252 g/mol. The van der Waals surface area contributed by atoms with E-state index in [-0.39, 0.29) is 0 Å². The second kappa shape index (κ2) is 3.49. The first kappa shape index (κ1) is 12.0. The van der Waals surface area contributed by atoms with E-state index < -0.39 is 40.0 Å². The van der Waals surface area contributed by atoms with E-state index in [1.54, 1.807) is 13.8 Å². The fourth-order valence-electron chi connectivity index (χ4n) is 1.88. The Kier molecular flexibility index (Phi) is 2.61. The van der Waals surface area contributed by atoms with Gasteiger partial charge in [-0.3, -0.25) is 4.18 Å². The molecule has 1 aliphatic heterocycles. The van der Waals surface area contributed by atoms with Crippen molar-refractivity contribution in [1.82, 2.24) is 0 Å². The lowest BCUT2D eigenvalue weighted by Crippen LogP contribution is -2.34. The van der Waals surface area contributed by atoms with Crippen molar-refractivity contribution in [3.63, 3.8) is 0 Å². The summed E-state index contributed by atoms with van der Waals surface area (Å²) in [7, 11) is -3.73. The molecular weight excluding hydrogens is 239 g/mol. The maximum Gasteiger partial charge on any atom is 0.265 e. The summed E-state index contributed by atoms with van der Waals surface area (Å²) in [6.07, 6.45) is -0.516. The molecule has 0 bridgehead atoms. The Morgan fingerprint density at radius 2 is 2.06 bits per heavy atom. The molecule has 0 aromatic rings. The number of rotatable bonds is 2. The zero-order valence-electron chi connectivity index (χ0n) is 9.14. The van der Waals surface area contributed by atoms with E-state index in [1.165, 1.54) is 6.08 Å². The summed E-state index contributed by atoms with van der Waals surface area (Å²) in [5, 5.41) is 0. The first-order valence-electron chi connectivity index (χ1n) is 4.79. The van der Waals surface area contributed by atoms with Gasteiger partial charge in [0.05, 0.1) is 6.26 Å². The minimum absolute atomic E-state index is 0.596. The molecule has 0 spiro atoms. The molecule has 5 nitrogen and oxygen atoms in total. The molecule has 0 radical (unpaired) electrons. The molecule has 1 fully saturated rings. The Balaban J connectivity index is 2.19. The molecule has 1 heterocycles. The van der Waals surface area contributed by atoms with Crippen LogP contribution in [0.2, 0.25) is 0 Å². The standard InChI is InChI=1S/C9H13FO5S/c1-9(2)13-6-4-5(10)7(8(6)14-9)15-16(3,11)12/h4,6-8H,1-3H3/t6-,7+,8-/m1/s1. The van der Waals surface area contributed by atoms with Crippen LogP contribution in [0.4, 0.5) is 4.39 Å². The monoisotopic (exact) mass is 252 g/mol. The normalized spacial score (nSPS) is 37.2. The quantitative estimate of drug-likeness (QED) is 0.678. The molecule has 1 aliphatic carbocycles. The van der Waals surface area contributed by atoms with E-state index >= 15 is 0 Å². The van der Waals surface area contributed by atoms with Gasteiger partial charge in [-0.1, -0.05) is 0 Å². The molecule has 3 atom stereocenters. The van der Waals surface area contributed by atoms with Crippen LogP contribution in [0.15, 0.2) is 11.9 Å². The summed E-state index contributed by atoms with van der Waals surface area (Å²) in [6, 6.07) is 0. The van der Waals surface area contributed by atoms with E-state index in [0.29, 0.717) is 0 Å². The number of ether oxygens (including phenoxy) is 2. The van der Waals surface area contributed by atoms with Crippen LogP contribution in [0.3, 0.4) is 0 Å². The average Bonchev–Trinajstić information content (AvgIpc) is 2.45. The predicted molar refractivity (Wildman–Crippen MR) is 52.7 cm³/mol. The van der Waals surface area contributed by atoms with Gasteiger partial charge in [0.1, 0.15) is 18.0 Å². The van der Waals surface area contributed by atoms with Crippen molar-refractivity contribution in [3.05, 3.63) is 11.9 Å². The Morgan fingerprint density at radius 1 is 1.44 bits per heavy atom. The topological polar surface area (TPSA) is 61.8 Å². The summed E-state index contributed by atoms with van der Waals surface area (Å²) in [5.41, 5.74) is 0. The molecule has 16 heavy (non-hydrogen) atoms. The van der Waals surface area contributed by atoms with E-state index in [1.807, 2.05) is 0 Å². The Morgan fingerprint density at radius 3 is 2.62 bits per heavy atom. The number of fused-ring (bicyclic) bond motifs is 1. The summed E-state index contributed by atoms with van der Waals surface area (Å²) < 4.78 is 50.8. The first-order chi connectivity index (χ1) is 7.18. The van der Waals surface area contributed by atoms with Crippen molar-refractivity contribution in [1.29, 1.82) is 0 Å². The van der Waals surface area contributed by atoms with E-state index in [2.05, 4.69) is 4.18 Å². The Bertz CT molecular complexity index is 427. The van der Waals surface area contributed by atoms with Gasteiger partial charge in [0.25, 0.3) is 10.1 Å². The van der Waals surface area contributed by atoms with Gasteiger partial charge in [-0.05, 0) is 19.9 Å². The lowest BCUT2D eigenvalue weighted by molar-refractivity contribution is -0.152. The SMILES string of the molecule is CC1(C)O[C@@H]2[C@@H](C=C(F)[C@@H]2OS(C)(=O)=O)O1. The van der Waals surface area contributed by atoms with Gasteiger partial charge in [-0.2, -0.15) is 8.42 Å². The molecule has 2 rings (SSSR count). The minimum Gasteiger partial charge on any atom is -0.341 e. The maximum absolute atomic E-state index is 13.4. The second-order valence-electron chi connectivity index (χ2n) is 4.34. The summed E-state index contributed by atoms with van der Waals surface area (Å²) in [5.74, 6) is -1.53. The molecule has 0 amide bonds. The van der Waals surface area contributed by atoms with Gasteiger partial charge in [-0.15, -0.1) is 0 Å². The van der Waals surface area contributed by atoms with Crippen LogP contribution in [0.1, 0.15) is 13.8 Å². The smallest absolute Gasteiger partial charge is 0.265 e. The van der Waals surface area contributed by atoms with Gasteiger partial charge in [-0.25, -0.2) is 4.39 Å². The van der Waals surface area contributed by atoms with Crippen molar-refractivity contribution < 1.29 is 26.5 Å². The molecule has 7 heteroatoms. The number of hydrogen-bond acceptors (Lipinski definition) is 5. The minimum atomic E-state index is -3.73. The number of halogens is 1. The molecule has 0 saturated carbocycles. The van der Waals surface area contributed by atoms with Crippen LogP contribution in [0, 0.1) is 0 Å². The lowest BCUT2D eigenvalue weighted by atomic mass is 10.2. The van der Waals surface area contributed by atoms with Crippen molar-refractivity contribution in [2.24, 2.45) is 0 Å². The van der Waals surface area contributed by atoms with Crippen LogP contribution in [0.5, 0.6) is 0 Å². The van der Waals surface area contributed by atoms with Gasteiger partial charge >= 0.3 is 0 Å². The van der Waals surface area contributed by atoms with Crippen molar-refractivity contribution in [2.75, 3.05) is 6.26 Å². The van der Waals surface area contributed by atoms with Crippen molar-refractivity contribution in [2.45, 2.75) is 37.9 Å². The summed E-state index contributed by atoms with van der Waals surface area (Å²) >= 11 is 0. The second-order valence-corrected chi connectivity index (χ2v) is 5.94. The van der Waals surface area contributed by atoms with Crippen molar-refractivity contribution >= 4 is 10.1 Å². The molecule has 0 unspecified atom stereocenters. The summed E-state index contributed by atoms with van der Waals surface area (Å²) in [6.45, 7) is 3.35. The van der Waals surface area contributed by atoms with E-state index in [4.69, 9.17) is 9.47 Å². The van der Waals surface area contributed by atoms with Crippen LogP contribution in [-0.4, -0.2) is 38.8 Å². The highest BCUT2D eigenvalue weighted by Crippen LogP contribution is 2.39. The molecule has 0 aromatic carbocycles. The first-order valence-corrected chi connectivity index (χ1v) is 6.61. The van der Waals surface area contributed by atoms with Crippen LogP contribution < -0.4 is 0 Å². The van der Waals surface area contributed by atoms with Gasteiger partial charge in [0.15, 0.2) is 11.9 Å². The predicted octanol–water partition coefficient (Wildman–Crippen LogP) is 0.718. The Hall–Kier alpha value is -0.500. The third-order valence-corrected chi connectivity index (χ3v) is 2.89. The third-order valence-electron chi connectivity index (χ3n) is 2.34. The highest BCUT2D eigenvalue weighted by atomic mass is 32.2. The van der Waals surface area contributed by atoms with Gasteiger partial charge < -0.3 is 9.47 Å². The number of hydrogen-bond donors (Lipinski definition) is 0. The highest BCUT2D eigenvalue weighted by molar-refractivity contribution is 7.86. The van der Waals surface area contributed by atoms with Crippen LogP contribution in [-0.2, 0) is 23.8 Å². The molecule has 2 aliphatic rings. The van der Waals surface area contributed by atoms with Crippen LogP contribution in [0.25, 0.3) is 0 Å². The third kappa shape index (κ3) is 2.27. The molecular formula is C9H13FO5S. The zero-order valence-corrected chi connectivity index (χ0v) is 9.95. The largest absolute Gasteiger partial charge is 0.341 e.